The Hall–Kier alpha value is -1.59. The van der Waals surface area contributed by atoms with E-state index in [4.69, 9.17) is 0 Å². The predicted octanol–water partition coefficient (Wildman–Crippen LogP) is -0.922. The van der Waals surface area contributed by atoms with Crippen molar-refractivity contribution in [1.29, 1.82) is 0 Å². The molecular formula is C5H6N2O4. The highest BCUT2D eigenvalue weighted by Crippen LogP contribution is 1.87. The van der Waals surface area contributed by atoms with Crippen molar-refractivity contribution in [2.75, 3.05) is 7.11 Å². The number of rotatable bonds is 2. The van der Waals surface area contributed by atoms with Gasteiger partial charge >= 0.3 is 11.7 Å². The van der Waals surface area contributed by atoms with E-state index in [2.05, 4.69) is 19.4 Å². The Labute approximate surface area is 61.1 Å². The summed E-state index contributed by atoms with van der Waals surface area (Å²) < 4.78 is 8.46. The molecule has 6 nitrogen and oxygen atoms in total. The molecular weight excluding hydrogens is 152 g/mol. The topological polar surface area (TPSA) is 85.2 Å². The third-order valence-corrected chi connectivity index (χ3v) is 1.02. The lowest BCUT2D eigenvalue weighted by atomic mass is 10.4. The summed E-state index contributed by atoms with van der Waals surface area (Å²) in [5.74, 6) is -0.986. The summed E-state index contributed by atoms with van der Waals surface area (Å²) in [5, 5.41) is 3.26. The second kappa shape index (κ2) is 3.00. The molecule has 0 atom stereocenters. The Balaban J connectivity index is 2.65. The molecule has 0 fully saturated rings. The highest BCUT2D eigenvalue weighted by molar-refractivity contribution is 5.71. The van der Waals surface area contributed by atoms with Gasteiger partial charge in [0.2, 0.25) is 0 Å². The Morgan fingerprint density at radius 1 is 1.82 bits per heavy atom. The average Bonchev–Trinajstić information content (AvgIpc) is 2.35. The first-order valence-electron chi connectivity index (χ1n) is 2.84. The van der Waals surface area contributed by atoms with E-state index in [1.165, 1.54) is 7.11 Å². The van der Waals surface area contributed by atoms with Crippen LogP contribution >= 0.6 is 0 Å². The molecule has 1 aromatic rings. The zero-order valence-corrected chi connectivity index (χ0v) is 5.79. The molecule has 60 valence electrons. The third-order valence-electron chi connectivity index (χ3n) is 1.02. The van der Waals surface area contributed by atoms with Gasteiger partial charge in [0.05, 0.1) is 7.11 Å². The van der Waals surface area contributed by atoms with Crippen LogP contribution in [0.5, 0.6) is 0 Å². The Bertz CT molecular complexity index is 299. The van der Waals surface area contributed by atoms with E-state index < -0.39 is 11.7 Å². The van der Waals surface area contributed by atoms with E-state index in [1.807, 2.05) is 0 Å². The molecule has 0 aromatic carbocycles. The number of nitrogens with one attached hydrogen (secondary N) is 1. The maximum atomic E-state index is 10.6. The average molecular weight is 158 g/mol. The van der Waals surface area contributed by atoms with Crippen LogP contribution in [0.15, 0.2) is 9.32 Å². The third kappa shape index (κ3) is 1.92. The van der Waals surface area contributed by atoms with Crippen LogP contribution < -0.4 is 5.76 Å². The van der Waals surface area contributed by atoms with Gasteiger partial charge in [0.1, 0.15) is 6.42 Å². The lowest BCUT2D eigenvalue weighted by molar-refractivity contribution is -0.139. The molecule has 1 N–H and O–H groups in total. The van der Waals surface area contributed by atoms with Gasteiger partial charge in [-0.2, -0.15) is 0 Å². The van der Waals surface area contributed by atoms with E-state index >= 15 is 0 Å². The fraction of sp³-hybridized carbons (Fsp3) is 0.400. The van der Waals surface area contributed by atoms with E-state index in [0.717, 1.165) is 0 Å². The summed E-state index contributed by atoms with van der Waals surface area (Å²) in [6, 6.07) is 0. The normalized spacial score (nSPS) is 9.55. The van der Waals surface area contributed by atoms with Gasteiger partial charge in [0.15, 0.2) is 5.82 Å². The maximum Gasteiger partial charge on any atom is 0.438 e. The molecule has 1 rings (SSSR count). The Morgan fingerprint density at radius 2 is 2.55 bits per heavy atom. The molecule has 0 aliphatic carbocycles. The lowest BCUT2D eigenvalue weighted by Gasteiger charge is -1.91. The molecule has 0 amide bonds. The smallest absolute Gasteiger partial charge is 0.438 e. The second-order valence-electron chi connectivity index (χ2n) is 1.79. The van der Waals surface area contributed by atoms with Crippen LogP contribution in [0.4, 0.5) is 0 Å². The van der Waals surface area contributed by atoms with Crippen LogP contribution in [0, 0.1) is 0 Å². The highest BCUT2D eigenvalue weighted by atomic mass is 16.5. The molecule has 0 bridgehead atoms. The molecule has 0 aliphatic heterocycles. The van der Waals surface area contributed by atoms with Crippen molar-refractivity contribution in [2.24, 2.45) is 0 Å². The standard InChI is InChI=1S/C5H6N2O4/c1-10-4(8)2-3-6-5(9)11-7-3/h2H2,1H3,(H,6,7,9). The van der Waals surface area contributed by atoms with Crippen molar-refractivity contribution in [3.8, 4) is 0 Å². The van der Waals surface area contributed by atoms with Crippen molar-refractivity contribution in [3.63, 3.8) is 0 Å². The first kappa shape index (κ1) is 7.52. The molecule has 11 heavy (non-hydrogen) atoms. The predicted molar refractivity (Wildman–Crippen MR) is 32.8 cm³/mol. The number of aromatic amines is 1. The summed E-state index contributed by atoms with van der Waals surface area (Å²) in [4.78, 5) is 23.1. The summed E-state index contributed by atoms with van der Waals surface area (Å²) in [7, 11) is 1.25. The molecule has 0 saturated heterocycles. The molecule has 1 heterocycles. The van der Waals surface area contributed by atoms with Gasteiger partial charge in [-0.15, -0.1) is 0 Å². The molecule has 6 heteroatoms. The fourth-order valence-electron chi connectivity index (χ4n) is 0.545. The molecule has 0 unspecified atom stereocenters. The van der Waals surface area contributed by atoms with Crippen LogP contribution in [-0.2, 0) is 16.0 Å². The summed E-state index contributed by atoms with van der Waals surface area (Å²) in [6.45, 7) is 0. The van der Waals surface area contributed by atoms with E-state index in [0.29, 0.717) is 0 Å². The van der Waals surface area contributed by atoms with Crippen LogP contribution in [0.25, 0.3) is 0 Å². The van der Waals surface area contributed by atoms with Gasteiger partial charge in [-0.25, -0.2) is 4.79 Å². The van der Waals surface area contributed by atoms with Gasteiger partial charge in [0.25, 0.3) is 0 Å². The van der Waals surface area contributed by atoms with Crippen molar-refractivity contribution < 1.29 is 14.1 Å². The monoisotopic (exact) mass is 158 g/mol. The number of carbonyl (C=O) groups is 1. The van der Waals surface area contributed by atoms with Gasteiger partial charge < -0.3 is 4.74 Å². The molecule has 0 aliphatic rings. The van der Waals surface area contributed by atoms with Crippen molar-refractivity contribution >= 4 is 5.97 Å². The zero-order valence-electron chi connectivity index (χ0n) is 5.79. The summed E-state index contributed by atoms with van der Waals surface area (Å²) >= 11 is 0. The minimum Gasteiger partial charge on any atom is -0.469 e. The van der Waals surface area contributed by atoms with E-state index in [-0.39, 0.29) is 12.2 Å². The number of carbonyl (C=O) groups excluding carboxylic acids is 1. The highest BCUT2D eigenvalue weighted by Gasteiger charge is 2.06. The van der Waals surface area contributed by atoms with Crippen LogP contribution in [0.1, 0.15) is 5.82 Å². The molecule has 0 radical (unpaired) electrons. The number of methoxy groups -OCH3 is 1. The minimum atomic E-state index is -0.677. The van der Waals surface area contributed by atoms with Crippen molar-refractivity contribution in [1.82, 2.24) is 10.1 Å². The second-order valence-corrected chi connectivity index (χ2v) is 1.79. The van der Waals surface area contributed by atoms with Crippen LogP contribution in [-0.4, -0.2) is 23.2 Å². The molecule has 0 spiro atoms. The maximum absolute atomic E-state index is 10.6. The van der Waals surface area contributed by atoms with E-state index in [9.17, 15) is 9.59 Å². The van der Waals surface area contributed by atoms with Gasteiger partial charge in [-0.1, -0.05) is 5.16 Å². The van der Waals surface area contributed by atoms with E-state index in [1.54, 1.807) is 0 Å². The number of ether oxygens (including phenoxy) is 1. The number of aromatic nitrogens is 2. The van der Waals surface area contributed by atoms with Gasteiger partial charge in [-0.05, 0) is 0 Å². The number of nitrogens with zero attached hydrogens (tertiary/aromatic N) is 1. The number of H-pyrrole nitrogens is 1. The van der Waals surface area contributed by atoms with Crippen LogP contribution in [0.2, 0.25) is 0 Å². The quantitative estimate of drug-likeness (QED) is 0.562. The molecule has 0 saturated carbocycles. The summed E-state index contributed by atoms with van der Waals surface area (Å²) in [6.07, 6.45) is -0.0811. The zero-order chi connectivity index (χ0) is 8.27. The number of hydrogen-bond acceptors (Lipinski definition) is 5. The minimum absolute atomic E-state index is 0.0811. The van der Waals surface area contributed by atoms with Gasteiger partial charge in [0, 0.05) is 0 Å². The summed E-state index contributed by atoms with van der Waals surface area (Å²) in [5.41, 5.74) is 0. The van der Waals surface area contributed by atoms with Gasteiger partial charge in [-0.3, -0.25) is 14.3 Å². The Morgan fingerprint density at radius 3 is 3.00 bits per heavy atom. The van der Waals surface area contributed by atoms with Crippen molar-refractivity contribution in [3.05, 3.63) is 16.4 Å². The van der Waals surface area contributed by atoms with Crippen molar-refractivity contribution in [2.45, 2.75) is 6.42 Å². The number of hydrogen-bond donors (Lipinski definition) is 1. The number of esters is 1. The SMILES string of the molecule is COC(=O)Cc1noc(=O)[nH]1. The lowest BCUT2D eigenvalue weighted by Crippen LogP contribution is -2.07. The largest absolute Gasteiger partial charge is 0.469 e. The van der Waals surface area contributed by atoms with Crippen LogP contribution in [0.3, 0.4) is 0 Å². The first-order chi connectivity index (χ1) is 5.22. The molecule has 1 aromatic heterocycles. The fourth-order valence-corrected chi connectivity index (χ4v) is 0.545. The first-order valence-corrected chi connectivity index (χ1v) is 2.84. The Kier molecular flexibility index (Phi) is 2.05.